The topological polar surface area (TPSA) is 145 Å². The fourth-order valence-corrected chi connectivity index (χ4v) is 9.26. The lowest BCUT2D eigenvalue weighted by Crippen LogP contribution is -2.80. The highest BCUT2D eigenvalue weighted by atomic mass is 16.7. The molecule has 4 heterocycles. The number of hydrogen-bond donors (Lipinski definition) is 2. The summed E-state index contributed by atoms with van der Waals surface area (Å²) in [7, 11) is 0. The predicted molar refractivity (Wildman–Crippen MR) is 128 cm³/mol. The van der Waals surface area contributed by atoms with Gasteiger partial charge in [0.2, 0.25) is 0 Å². The molecule has 38 heavy (non-hydrogen) atoms. The molecular formula is C28H34O10. The number of rotatable bonds is 2. The van der Waals surface area contributed by atoms with Crippen LogP contribution in [0.15, 0.2) is 35.2 Å². The van der Waals surface area contributed by atoms with Crippen molar-refractivity contribution in [1.29, 1.82) is 0 Å². The van der Waals surface area contributed by atoms with Crippen LogP contribution in [0.4, 0.5) is 0 Å². The average Bonchev–Trinajstić information content (AvgIpc) is 3.36. The van der Waals surface area contributed by atoms with Gasteiger partial charge in [-0.15, -0.1) is 0 Å². The van der Waals surface area contributed by atoms with Gasteiger partial charge in [0.25, 0.3) is 0 Å². The molecule has 1 aromatic heterocycles. The van der Waals surface area contributed by atoms with Crippen LogP contribution in [0.5, 0.6) is 0 Å². The van der Waals surface area contributed by atoms with Crippen molar-refractivity contribution in [3.05, 3.63) is 36.3 Å². The first-order valence-corrected chi connectivity index (χ1v) is 13.0. The van der Waals surface area contributed by atoms with Gasteiger partial charge in [-0.1, -0.05) is 19.9 Å². The Balaban J connectivity index is 1.59. The number of aliphatic hydroxyl groups excluding tert-OH is 1. The SMILES string of the molecule is CC(=O)O[C@H]1C[C@]2(C=CC(=O)OC2(C)C)[C@@](C)(O)[C@H]2[C@@H](O)C[C@@]3(C)[C@H](c4ccoc4)OC(=O)[C@H]4O[C@]43[C@]12C. The van der Waals surface area contributed by atoms with Crippen molar-refractivity contribution >= 4 is 17.9 Å². The maximum absolute atomic E-state index is 13.3. The Morgan fingerprint density at radius 2 is 1.82 bits per heavy atom. The van der Waals surface area contributed by atoms with E-state index in [1.54, 1.807) is 32.9 Å². The van der Waals surface area contributed by atoms with Gasteiger partial charge in [-0.3, -0.25) is 4.79 Å². The van der Waals surface area contributed by atoms with Crippen molar-refractivity contribution in [2.45, 2.75) is 95.6 Å². The monoisotopic (exact) mass is 530 g/mol. The second kappa shape index (κ2) is 7.28. The van der Waals surface area contributed by atoms with Crippen LogP contribution in [-0.4, -0.2) is 63.2 Å². The Labute approximate surface area is 220 Å². The molecular weight excluding hydrogens is 496 g/mol. The Bertz CT molecular complexity index is 1250. The quantitative estimate of drug-likeness (QED) is 0.332. The smallest absolute Gasteiger partial charge is 0.339 e. The summed E-state index contributed by atoms with van der Waals surface area (Å²) in [4.78, 5) is 38.1. The molecule has 0 aromatic carbocycles. The van der Waals surface area contributed by atoms with Gasteiger partial charge in [0.05, 0.1) is 29.6 Å². The van der Waals surface area contributed by atoms with Gasteiger partial charge >= 0.3 is 17.9 Å². The highest BCUT2D eigenvalue weighted by Gasteiger charge is 2.91. The van der Waals surface area contributed by atoms with E-state index in [0.717, 1.165) is 0 Å². The Hall–Kier alpha value is -2.69. The second-order valence-corrected chi connectivity index (χ2v) is 12.7. The van der Waals surface area contributed by atoms with E-state index in [1.807, 2.05) is 13.8 Å². The first-order valence-electron chi connectivity index (χ1n) is 13.0. The summed E-state index contributed by atoms with van der Waals surface area (Å²) in [5.41, 5.74) is -6.93. The summed E-state index contributed by atoms with van der Waals surface area (Å²) >= 11 is 0. The summed E-state index contributed by atoms with van der Waals surface area (Å²) in [5.74, 6) is -2.60. The summed E-state index contributed by atoms with van der Waals surface area (Å²) in [6.45, 7) is 10.1. The zero-order valence-corrected chi connectivity index (χ0v) is 22.3. The molecule has 5 aliphatic rings. The zero-order valence-electron chi connectivity index (χ0n) is 22.3. The third-order valence-corrected chi connectivity index (χ3v) is 10.7. The minimum atomic E-state index is -1.68. The standard InChI is InChI=1S/C28H34O10/c1-14(29)35-17-12-27(9-7-18(31)37-23(27,2)3)26(6,33)19-16(30)11-24(4)20(15-8-10-34-13-15)36-22(32)21-28(24,38-21)25(17,19)5/h7-10,13,16-17,19-21,30,33H,11-12H2,1-6H3/t16-,17-,19-,20-,21+,24-,25+,26-,27-,28+/m0/s1. The van der Waals surface area contributed by atoms with Gasteiger partial charge in [0, 0.05) is 41.7 Å². The van der Waals surface area contributed by atoms with E-state index < -0.39 is 81.3 Å². The van der Waals surface area contributed by atoms with E-state index in [0.29, 0.717) is 5.56 Å². The second-order valence-electron chi connectivity index (χ2n) is 12.7. The van der Waals surface area contributed by atoms with Crippen LogP contribution in [0.3, 0.4) is 0 Å². The predicted octanol–water partition coefficient (Wildman–Crippen LogP) is 2.37. The largest absolute Gasteiger partial charge is 0.472 e. The molecule has 2 spiro atoms. The minimum absolute atomic E-state index is 0.0649. The van der Waals surface area contributed by atoms with E-state index >= 15 is 0 Å². The highest BCUT2D eigenvalue weighted by Crippen LogP contribution is 2.79. The van der Waals surface area contributed by atoms with E-state index in [4.69, 9.17) is 23.4 Å². The first-order chi connectivity index (χ1) is 17.6. The Morgan fingerprint density at radius 1 is 1.11 bits per heavy atom. The maximum atomic E-state index is 13.3. The van der Waals surface area contributed by atoms with E-state index in [-0.39, 0.29) is 12.8 Å². The zero-order chi connectivity index (χ0) is 27.7. The summed E-state index contributed by atoms with van der Waals surface area (Å²) < 4.78 is 29.3. The molecule has 1 aromatic rings. The third kappa shape index (κ3) is 2.66. The van der Waals surface area contributed by atoms with E-state index in [2.05, 4.69) is 0 Å². The molecule has 3 aliphatic heterocycles. The normalized spacial score (nSPS) is 50.3. The fourth-order valence-electron chi connectivity index (χ4n) is 9.26. The van der Waals surface area contributed by atoms with Crippen molar-refractivity contribution < 1.29 is 48.0 Å². The number of hydrogen-bond acceptors (Lipinski definition) is 10. The van der Waals surface area contributed by atoms with Gasteiger partial charge in [0.15, 0.2) is 6.10 Å². The van der Waals surface area contributed by atoms with Crippen molar-refractivity contribution in [3.63, 3.8) is 0 Å². The number of ether oxygens (including phenoxy) is 4. The van der Waals surface area contributed by atoms with Crippen LogP contribution in [0, 0.1) is 22.2 Å². The summed E-state index contributed by atoms with van der Waals surface area (Å²) in [6, 6.07) is 1.71. The van der Waals surface area contributed by atoms with Gasteiger partial charge in [-0.25, -0.2) is 9.59 Å². The lowest BCUT2D eigenvalue weighted by molar-refractivity contribution is -0.325. The fraction of sp³-hybridized carbons (Fsp3) is 0.679. The first kappa shape index (κ1) is 25.6. The molecule has 2 aliphatic carbocycles. The molecule has 206 valence electrons. The average molecular weight is 531 g/mol. The number of carbonyl (C=O) groups is 3. The molecule has 0 unspecified atom stereocenters. The molecule has 0 amide bonds. The molecule has 10 atom stereocenters. The van der Waals surface area contributed by atoms with Crippen molar-refractivity contribution in [3.8, 4) is 0 Å². The number of fused-ring (bicyclic) bond motifs is 1. The molecule has 10 nitrogen and oxygen atoms in total. The molecule has 0 radical (unpaired) electrons. The minimum Gasteiger partial charge on any atom is -0.472 e. The van der Waals surface area contributed by atoms with Gasteiger partial charge < -0.3 is 33.6 Å². The van der Waals surface area contributed by atoms with Crippen LogP contribution in [0.2, 0.25) is 0 Å². The van der Waals surface area contributed by atoms with Gasteiger partial charge in [0.1, 0.15) is 23.4 Å². The molecule has 10 heteroatoms. The van der Waals surface area contributed by atoms with Gasteiger partial charge in [-0.05, 0) is 33.3 Å². The number of carbonyl (C=O) groups excluding carboxylic acids is 3. The molecule has 2 N–H and O–H groups in total. The molecule has 6 rings (SSSR count). The van der Waals surface area contributed by atoms with E-state index in [1.165, 1.54) is 25.5 Å². The number of epoxide rings is 1. The third-order valence-electron chi connectivity index (χ3n) is 10.7. The number of esters is 3. The van der Waals surface area contributed by atoms with Gasteiger partial charge in [-0.2, -0.15) is 0 Å². The van der Waals surface area contributed by atoms with E-state index in [9.17, 15) is 24.6 Å². The lowest BCUT2D eigenvalue weighted by atomic mass is 9.36. The summed E-state index contributed by atoms with van der Waals surface area (Å²) in [6.07, 6.45) is 2.26. The van der Waals surface area contributed by atoms with Crippen LogP contribution in [0.25, 0.3) is 0 Å². The summed E-state index contributed by atoms with van der Waals surface area (Å²) in [5, 5.41) is 24.5. The lowest BCUT2D eigenvalue weighted by Gasteiger charge is -2.71. The molecule has 0 bridgehead atoms. The van der Waals surface area contributed by atoms with Crippen molar-refractivity contribution in [1.82, 2.24) is 0 Å². The maximum Gasteiger partial charge on any atom is 0.339 e. The number of furan rings is 1. The van der Waals surface area contributed by atoms with Crippen LogP contribution >= 0.6 is 0 Å². The molecule has 2 saturated heterocycles. The Morgan fingerprint density at radius 3 is 2.42 bits per heavy atom. The highest BCUT2D eigenvalue weighted by molar-refractivity contribution is 5.84. The van der Waals surface area contributed by atoms with Crippen molar-refractivity contribution in [2.75, 3.05) is 0 Å². The number of aliphatic hydroxyl groups is 2. The molecule has 4 fully saturated rings. The van der Waals surface area contributed by atoms with Crippen LogP contribution < -0.4 is 0 Å². The molecule has 2 saturated carbocycles. The van der Waals surface area contributed by atoms with Crippen LogP contribution in [0.1, 0.15) is 66.1 Å². The van der Waals surface area contributed by atoms with Crippen LogP contribution in [-0.2, 0) is 33.3 Å². The number of cyclic esters (lactones) is 2. The Kier molecular flexibility index (Phi) is 4.90. The van der Waals surface area contributed by atoms with Crippen molar-refractivity contribution in [2.24, 2.45) is 22.2 Å².